The first-order valence-corrected chi connectivity index (χ1v) is 7.82. The van der Waals surface area contributed by atoms with Crippen LogP contribution in [-0.4, -0.2) is 24.8 Å². The topological polar surface area (TPSA) is 98.8 Å². The number of aromatic nitrogens is 5. The molecule has 0 aliphatic carbocycles. The molecule has 0 aliphatic heterocycles. The number of nitrogens with one attached hydrogen (secondary N) is 1. The van der Waals surface area contributed by atoms with Crippen LogP contribution >= 0.6 is 0 Å². The summed E-state index contributed by atoms with van der Waals surface area (Å²) in [6, 6.07) is 10.9. The van der Waals surface area contributed by atoms with Gasteiger partial charge in [0, 0.05) is 23.2 Å². The Balaban J connectivity index is 1.73. The van der Waals surface area contributed by atoms with Crippen LogP contribution in [0.2, 0.25) is 0 Å². The minimum atomic E-state index is -0.400. The van der Waals surface area contributed by atoms with E-state index in [1.165, 1.54) is 4.73 Å². The zero-order chi connectivity index (χ0) is 17.5. The van der Waals surface area contributed by atoms with Crippen LogP contribution in [0.5, 0.6) is 5.88 Å². The fourth-order valence-electron chi connectivity index (χ4n) is 2.87. The lowest BCUT2D eigenvalue weighted by Gasteiger charge is -2.07. The summed E-state index contributed by atoms with van der Waals surface area (Å²) in [5, 5.41) is 4.50. The van der Waals surface area contributed by atoms with Gasteiger partial charge < -0.3 is 14.3 Å². The van der Waals surface area contributed by atoms with Gasteiger partial charge in [0.1, 0.15) is 11.8 Å². The Hall–Kier alpha value is -3.94. The number of aromatic amines is 1. The Morgan fingerprint density at radius 1 is 1.08 bits per heavy atom. The summed E-state index contributed by atoms with van der Waals surface area (Å²) in [6.07, 6.45) is 6.40. The highest BCUT2D eigenvalue weighted by molar-refractivity contribution is 6.03. The molecule has 0 atom stereocenters. The standard InChI is InChI=1S/C18H11N5O3/c24-18-22-15-9-20-14-7-11(12-8-21-25-10-12)4-5-13(14)17(15)23(18)26-16-3-1-2-6-19-16/h1-10H,(H,22,24). The van der Waals surface area contributed by atoms with Crippen molar-refractivity contribution in [2.75, 3.05) is 0 Å². The van der Waals surface area contributed by atoms with Gasteiger partial charge in [0.25, 0.3) is 0 Å². The lowest BCUT2D eigenvalue weighted by molar-refractivity contribution is 0.208. The maximum Gasteiger partial charge on any atom is 0.360 e. The molecule has 0 unspecified atom stereocenters. The monoisotopic (exact) mass is 345 g/mol. The van der Waals surface area contributed by atoms with Crippen LogP contribution in [0.25, 0.3) is 33.1 Å². The molecule has 4 heterocycles. The normalized spacial score (nSPS) is 11.2. The first kappa shape index (κ1) is 14.4. The molecule has 0 saturated heterocycles. The number of rotatable bonds is 3. The molecule has 26 heavy (non-hydrogen) atoms. The molecule has 0 spiro atoms. The molecule has 1 aromatic carbocycles. The van der Waals surface area contributed by atoms with E-state index in [2.05, 4.69) is 20.1 Å². The molecule has 8 nitrogen and oxygen atoms in total. The van der Waals surface area contributed by atoms with Crippen LogP contribution in [-0.2, 0) is 0 Å². The van der Waals surface area contributed by atoms with Crippen molar-refractivity contribution in [2.45, 2.75) is 0 Å². The number of fused-ring (bicyclic) bond motifs is 3. The van der Waals surface area contributed by atoms with E-state index in [4.69, 9.17) is 9.36 Å². The summed E-state index contributed by atoms with van der Waals surface area (Å²) in [5.74, 6) is 0.321. The average molecular weight is 345 g/mol. The maximum atomic E-state index is 12.3. The molecule has 0 fully saturated rings. The van der Waals surface area contributed by atoms with E-state index >= 15 is 0 Å². The predicted molar refractivity (Wildman–Crippen MR) is 93.6 cm³/mol. The summed E-state index contributed by atoms with van der Waals surface area (Å²) in [5.41, 5.74) is 3.26. The Labute approximate surface area is 145 Å². The first-order valence-electron chi connectivity index (χ1n) is 7.82. The summed E-state index contributed by atoms with van der Waals surface area (Å²) in [4.78, 5) is 29.3. The second-order valence-corrected chi connectivity index (χ2v) is 5.65. The van der Waals surface area contributed by atoms with Crippen LogP contribution in [0.4, 0.5) is 0 Å². The number of imidazole rings is 1. The van der Waals surface area contributed by atoms with Crippen molar-refractivity contribution >= 4 is 21.9 Å². The minimum absolute atomic E-state index is 0.321. The van der Waals surface area contributed by atoms with Crippen LogP contribution < -0.4 is 10.5 Å². The number of pyridine rings is 2. The molecule has 0 saturated carbocycles. The van der Waals surface area contributed by atoms with Crippen molar-refractivity contribution in [3.63, 3.8) is 0 Å². The summed E-state index contributed by atoms with van der Waals surface area (Å²) >= 11 is 0. The van der Waals surface area contributed by atoms with Crippen molar-refractivity contribution in [2.24, 2.45) is 0 Å². The van der Waals surface area contributed by atoms with E-state index in [-0.39, 0.29) is 0 Å². The van der Waals surface area contributed by atoms with Gasteiger partial charge in [0.05, 0.1) is 23.4 Å². The van der Waals surface area contributed by atoms with Crippen LogP contribution in [0.1, 0.15) is 0 Å². The Morgan fingerprint density at radius 3 is 2.85 bits per heavy atom. The number of hydrogen-bond donors (Lipinski definition) is 1. The maximum absolute atomic E-state index is 12.3. The minimum Gasteiger partial charge on any atom is -0.364 e. The van der Waals surface area contributed by atoms with E-state index in [9.17, 15) is 4.79 Å². The number of H-pyrrole nitrogens is 1. The Morgan fingerprint density at radius 2 is 2.04 bits per heavy atom. The van der Waals surface area contributed by atoms with E-state index in [1.54, 1.807) is 43.1 Å². The van der Waals surface area contributed by atoms with E-state index in [1.807, 2.05) is 18.2 Å². The van der Waals surface area contributed by atoms with Crippen LogP contribution in [0.3, 0.4) is 0 Å². The van der Waals surface area contributed by atoms with Crippen molar-refractivity contribution in [1.29, 1.82) is 0 Å². The zero-order valence-electron chi connectivity index (χ0n) is 13.3. The van der Waals surface area contributed by atoms with Gasteiger partial charge in [-0.25, -0.2) is 9.78 Å². The second-order valence-electron chi connectivity index (χ2n) is 5.65. The summed E-state index contributed by atoms with van der Waals surface area (Å²) in [7, 11) is 0. The Bertz CT molecular complexity index is 1270. The molecule has 126 valence electrons. The van der Waals surface area contributed by atoms with E-state index in [0.717, 1.165) is 16.5 Å². The quantitative estimate of drug-likeness (QED) is 0.540. The predicted octanol–water partition coefficient (Wildman–Crippen LogP) is 2.77. The molecule has 0 radical (unpaired) electrons. The Kier molecular flexibility index (Phi) is 3.08. The van der Waals surface area contributed by atoms with Gasteiger partial charge >= 0.3 is 5.69 Å². The van der Waals surface area contributed by atoms with Gasteiger partial charge in [-0.15, -0.1) is 4.73 Å². The smallest absolute Gasteiger partial charge is 0.360 e. The van der Waals surface area contributed by atoms with E-state index < -0.39 is 5.69 Å². The van der Waals surface area contributed by atoms with Gasteiger partial charge in [-0.3, -0.25) is 4.98 Å². The SMILES string of the molecule is O=c1[nH]c2cnc3cc(-c4cnoc4)ccc3c2n1Oc1ccccn1. The first-order chi connectivity index (χ1) is 12.8. The average Bonchev–Trinajstić information content (AvgIpc) is 3.31. The molecule has 5 aromatic rings. The highest BCUT2D eigenvalue weighted by Gasteiger charge is 2.14. The molecule has 0 aliphatic rings. The third kappa shape index (κ3) is 2.24. The van der Waals surface area contributed by atoms with Crippen molar-refractivity contribution in [3.8, 4) is 17.0 Å². The third-order valence-electron chi connectivity index (χ3n) is 4.06. The lowest BCUT2D eigenvalue weighted by atomic mass is 10.1. The molecular formula is C18H11N5O3. The molecule has 0 bridgehead atoms. The molecule has 5 rings (SSSR count). The lowest BCUT2D eigenvalue weighted by Crippen LogP contribution is -2.21. The van der Waals surface area contributed by atoms with Gasteiger partial charge in [0.15, 0.2) is 0 Å². The van der Waals surface area contributed by atoms with Gasteiger partial charge in [-0.1, -0.05) is 17.3 Å². The molecule has 1 N–H and O–H groups in total. The van der Waals surface area contributed by atoms with Gasteiger partial charge in [-0.05, 0) is 23.8 Å². The van der Waals surface area contributed by atoms with Crippen molar-refractivity contribution in [3.05, 3.63) is 71.7 Å². The van der Waals surface area contributed by atoms with Crippen molar-refractivity contribution in [1.82, 2.24) is 24.8 Å². The molecular weight excluding hydrogens is 334 g/mol. The summed E-state index contributed by atoms with van der Waals surface area (Å²) in [6.45, 7) is 0. The molecule has 8 heteroatoms. The van der Waals surface area contributed by atoms with Crippen molar-refractivity contribution < 1.29 is 9.36 Å². The fraction of sp³-hybridized carbons (Fsp3) is 0. The molecule has 0 amide bonds. The number of hydrogen-bond acceptors (Lipinski definition) is 6. The van der Waals surface area contributed by atoms with Crippen LogP contribution in [0, 0.1) is 0 Å². The largest absolute Gasteiger partial charge is 0.364 e. The van der Waals surface area contributed by atoms with Gasteiger partial charge in [-0.2, -0.15) is 0 Å². The number of benzene rings is 1. The summed E-state index contributed by atoms with van der Waals surface area (Å²) < 4.78 is 6.09. The highest BCUT2D eigenvalue weighted by atomic mass is 16.7. The second kappa shape index (κ2) is 5.55. The zero-order valence-corrected chi connectivity index (χ0v) is 13.3. The molecule has 4 aromatic heterocycles. The van der Waals surface area contributed by atoms with Crippen LogP contribution in [0.15, 0.2) is 70.6 Å². The fourth-order valence-corrected chi connectivity index (χ4v) is 2.87. The third-order valence-corrected chi connectivity index (χ3v) is 4.06. The van der Waals surface area contributed by atoms with E-state index in [0.29, 0.717) is 22.4 Å². The van der Waals surface area contributed by atoms with Gasteiger partial charge in [0.2, 0.25) is 5.88 Å². The number of nitrogens with zero attached hydrogens (tertiary/aromatic N) is 4. The highest BCUT2D eigenvalue weighted by Crippen LogP contribution is 2.27.